The molecular formula is C22H26N2O3. The van der Waals surface area contributed by atoms with Crippen LogP contribution >= 0.6 is 0 Å². The second-order valence-corrected chi connectivity index (χ2v) is 6.97. The molecule has 1 heterocycles. The summed E-state index contributed by atoms with van der Waals surface area (Å²) in [5, 5.41) is 0. The van der Waals surface area contributed by atoms with E-state index in [1.54, 1.807) is 4.90 Å². The average molecular weight is 366 g/mol. The Labute approximate surface area is 160 Å². The third kappa shape index (κ3) is 5.09. The molecule has 3 rings (SSSR count). The molecule has 2 amide bonds. The van der Waals surface area contributed by atoms with Crippen LogP contribution in [-0.2, 0) is 16.0 Å². The minimum absolute atomic E-state index is 0.0280. The number of carbonyl (C=O) groups excluding carboxylic acids is 2. The van der Waals surface area contributed by atoms with Gasteiger partial charge in [-0.2, -0.15) is 0 Å². The fourth-order valence-corrected chi connectivity index (χ4v) is 3.16. The first-order valence-corrected chi connectivity index (χ1v) is 9.32. The van der Waals surface area contributed by atoms with Crippen LogP contribution in [0.5, 0.6) is 5.75 Å². The normalized spacial score (nSPS) is 14.1. The van der Waals surface area contributed by atoms with Crippen LogP contribution in [0.3, 0.4) is 0 Å². The summed E-state index contributed by atoms with van der Waals surface area (Å²) in [6.45, 7) is 6.30. The summed E-state index contributed by atoms with van der Waals surface area (Å²) in [6, 6.07) is 15.6. The lowest BCUT2D eigenvalue weighted by Crippen LogP contribution is -2.52. The van der Waals surface area contributed by atoms with Crippen LogP contribution in [0, 0.1) is 13.8 Å². The molecule has 0 spiro atoms. The molecule has 1 aliphatic heterocycles. The molecule has 0 N–H and O–H groups in total. The Hall–Kier alpha value is -2.82. The number of hydrogen-bond donors (Lipinski definition) is 0. The summed E-state index contributed by atoms with van der Waals surface area (Å²) in [6.07, 6.45) is 0.414. The van der Waals surface area contributed by atoms with E-state index in [2.05, 4.69) is 0 Å². The second-order valence-electron chi connectivity index (χ2n) is 6.97. The largest absolute Gasteiger partial charge is 0.484 e. The number of nitrogens with zero attached hydrogens (tertiary/aromatic N) is 2. The topological polar surface area (TPSA) is 49.9 Å². The number of rotatable bonds is 5. The molecule has 5 heteroatoms. The Bertz CT molecular complexity index is 793. The molecule has 0 atom stereocenters. The number of piperazine rings is 1. The lowest BCUT2D eigenvalue weighted by molar-refractivity contribution is -0.140. The maximum atomic E-state index is 12.5. The van der Waals surface area contributed by atoms with Gasteiger partial charge >= 0.3 is 0 Å². The number of ether oxygens (including phenoxy) is 1. The van der Waals surface area contributed by atoms with E-state index in [1.165, 1.54) is 0 Å². The molecule has 0 saturated carbocycles. The number of amides is 2. The maximum absolute atomic E-state index is 12.5. The van der Waals surface area contributed by atoms with Crippen molar-refractivity contribution in [3.05, 3.63) is 65.2 Å². The van der Waals surface area contributed by atoms with Gasteiger partial charge in [0.15, 0.2) is 6.61 Å². The molecule has 1 aliphatic rings. The van der Waals surface area contributed by atoms with Crippen LogP contribution in [0.25, 0.3) is 0 Å². The highest BCUT2D eigenvalue weighted by Crippen LogP contribution is 2.13. The summed E-state index contributed by atoms with van der Waals surface area (Å²) in [5.41, 5.74) is 3.35. The summed E-state index contributed by atoms with van der Waals surface area (Å²) in [7, 11) is 0. The zero-order valence-corrected chi connectivity index (χ0v) is 16.0. The van der Waals surface area contributed by atoms with E-state index in [9.17, 15) is 9.59 Å². The summed E-state index contributed by atoms with van der Waals surface area (Å²) < 4.78 is 5.57. The van der Waals surface area contributed by atoms with Crippen molar-refractivity contribution in [2.45, 2.75) is 20.3 Å². The average Bonchev–Trinajstić information content (AvgIpc) is 2.69. The molecule has 0 bridgehead atoms. The van der Waals surface area contributed by atoms with Gasteiger partial charge in [0.2, 0.25) is 5.91 Å². The molecule has 0 radical (unpaired) electrons. The van der Waals surface area contributed by atoms with Crippen molar-refractivity contribution in [3.8, 4) is 5.75 Å². The van der Waals surface area contributed by atoms with Gasteiger partial charge in [0.1, 0.15) is 5.75 Å². The quantitative estimate of drug-likeness (QED) is 0.817. The molecule has 1 fully saturated rings. The van der Waals surface area contributed by atoms with Crippen LogP contribution in [0.4, 0.5) is 0 Å². The molecule has 0 aliphatic carbocycles. The van der Waals surface area contributed by atoms with Crippen molar-refractivity contribution in [2.24, 2.45) is 0 Å². The fourth-order valence-electron chi connectivity index (χ4n) is 3.16. The SMILES string of the molecule is Cc1ccc(OCC(=O)N2CCN(C(=O)Cc3ccccc3C)CC2)cc1. The first-order chi connectivity index (χ1) is 13.0. The Morgan fingerprint density at radius 1 is 0.852 bits per heavy atom. The molecule has 0 aromatic heterocycles. The van der Waals surface area contributed by atoms with Gasteiger partial charge in [-0.25, -0.2) is 0 Å². The molecule has 2 aromatic rings. The Balaban J connectivity index is 1.45. The molecular weight excluding hydrogens is 340 g/mol. The third-order valence-electron chi connectivity index (χ3n) is 4.97. The molecule has 0 unspecified atom stereocenters. The third-order valence-corrected chi connectivity index (χ3v) is 4.97. The van der Waals surface area contributed by atoms with Crippen molar-refractivity contribution in [1.82, 2.24) is 9.80 Å². The summed E-state index contributed by atoms with van der Waals surface area (Å²) >= 11 is 0. The molecule has 142 valence electrons. The van der Waals surface area contributed by atoms with Crippen molar-refractivity contribution in [3.63, 3.8) is 0 Å². The summed E-state index contributed by atoms with van der Waals surface area (Å²) in [5.74, 6) is 0.773. The first-order valence-electron chi connectivity index (χ1n) is 9.32. The number of carbonyl (C=O) groups is 2. The van der Waals surface area contributed by atoms with Crippen molar-refractivity contribution < 1.29 is 14.3 Å². The van der Waals surface area contributed by atoms with E-state index in [1.807, 2.05) is 67.3 Å². The van der Waals surface area contributed by atoms with Gasteiger partial charge < -0.3 is 14.5 Å². The van der Waals surface area contributed by atoms with Gasteiger partial charge in [0.05, 0.1) is 6.42 Å². The van der Waals surface area contributed by atoms with Crippen LogP contribution in [-0.4, -0.2) is 54.4 Å². The van der Waals surface area contributed by atoms with Gasteiger partial charge in [0, 0.05) is 26.2 Å². The Kier molecular flexibility index (Phi) is 6.12. The van der Waals surface area contributed by atoms with E-state index in [0.717, 1.165) is 16.7 Å². The van der Waals surface area contributed by atoms with E-state index in [4.69, 9.17) is 4.74 Å². The zero-order valence-electron chi connectivity index (χ0n) is 16.0. The van der Waals surface area contributed by atoms with Crippen LogP contribution in [0.1, 0.15) is 16.7 Å². The monoisotopic (exact) mass is 366 g/mol. The smallest absolute Gasteiger partial charge is 0.260 e. The predicted octanol–water partition coefficient (Wildman–Crippen LogP) is 2.60. The van der Waals surface area contributed by atoms with Crippen LogP contribution in [0.15, 0.2) is 48.5 Å². The molecule has 2 aromatic carbocycles. The Morgan fingerprint density at radius 2 is 1.44 bits per heavy atom. The van der Waals surface area contributed by atoms with Crippen LogP contribution in [0.2, 0.25) is 0 Å². The second kappa shape index (κ2) is 8.71. The van der Waals surface area contributed by atoms with Crippen LogP contribution < -0.4 is 4.74 Å². The lowest BCUT2D eigenvalue weighted by Gasteiger charge is -2.34. The summed E-state index contributed by atoms with van der Waals surface area (Å²) in [4.78, 5) is 28.5. The van der Waals surface area contributed by atoms with Crippen molar-refractivity contribution in [1.29, 1.82) is 0 Å². The van der Waals surface area contributed by atoms with E-state index < -0.39 is 0 Å². The zero-order chi connectivity index (χ0) is 19.2. The Morgan fingerprint density at radius 3 is 2.07 bits per heavy atom. The van der Waals surface area contributed by atoms with Gasteiger partial charge in [-0.05, 0) is 37.1 Å². The van der Waals surface area contributed by atoms with Gasteiger partial charge in [-0.1, -0.05) is 42.0 Å². The van der Waals surface area contributed by atoms with Gasteiger partial charge in [-0.3, -0.25) is 9.59 Å². The fraction of sp³-hybridized carbons (Fsp3) is 0.364. The highest BCUT2D eigenvalue weighted by Gasteiger charge is 2.24. The minimum Gasteiger partial charge on any atom is -0.484 e. The van der Waals surface area contributed by atoms with E-state index in [0.29, 0.717) is 38.3 Å². The number of hydrogen-bond acceptors (Lipinski definition) is 3. The lowest BCUT2D eigenvalue weighted by atomic mass is 10.1. The van der Waals surface area contributed by atoms with Crippen molar-refractivity contribution >= 4 is 11.8 Å². The number of aryl methyl sites for hydroxylation is 2. The van der Waals surface area contributed by atoms with E-state index >= 15 is 0 Å². The maximum Gasteiger partial charge on any atom is 0.260 e. The van der Waals surface area contributed by atoms with Crippen molar-refractivity contribution in [2.75, 3.05) is 32.8 Å². The standard InChI is InChI=1S/C22H26N2O3/c1-17-7-9-20(10-8-17)27-16-22(26)24-13-11-23(12-14-24)21(25)15-19-6-4-3-5-18(19)2/h3-10H,11-16H2,1-2H3. The van der Waals surface area contributed by atoms with E-state index in [-0.39, 0.29) is 18.4 Å². The van der Waals surface area contributed by atoms with Gasteiger partial charge in [-0.15, -0.1) is 0 Å². The first kappa shape index (κ1) is 19.0. The number of benzene rings is 2. The molecule has 27 heavy (non-hydrogen) atoms. The highest BCUT2D eigenvalue weighted by molar-refractivity contribution is 5.80. The van der Waals surface area contributed by atoms with Gasteiger partial charge in [0.25, 0.3) is 5.91 Å². The molecule has 1 saturated heterocycles. The molecule has 5 nitrogen and oxygen atoms in total. The highest BCUT2D eigenvalue weighted by atomic mass is 16.5. The minimum atomic E-state index is -0.0402. The predicted molar refractivity (Wildman–Crippen MR) is 105 cm³/mol.